The third-order valence-electron chi connectivity index (χ3n) is 12.5. The lowest BCUT2D eigenvalue weighted by molar-refractivity contribution is 0.868. The average Bonchev–Trinajstić information content (AvgIpc) is 3.87. The molecule has 0 N–H and O–H groups in total. The predicted octanol–water partition coefficient (Wildman–Crippen LogP) is 14.7. The van der Waals surface area contributed by atoms with Crippen LogP contribution in [-0.4, -0.2) is 19.1 Å². The fraction of sp³-hybridized carbons (Fsp3) is 0.0345. The van der Waals surface area contributed by atoms with Crippen molar-refractivity contribution in [2.75, 3.05) is 0 Å². The minimum absolute atomic E-state index is 0.115. The van der Waals surface area contributed by atoms with E-state index < -0.39 is 0 Å². The highest BCUT2D eigenvalue weighted by Crippen LogP contribution is 2.41. The Hall–Kier alpha value is -8.08. The standard InChI is InChI=1S/C58H40N4/c1-3-15-41(16-4-1)52-38-53(60-58(59-52)42-17-5-2-6-18-42)45-36-43(39-27-31-46(32-28-39)61-54-23-11-7-19-48(54)49-20-8-12-24-55(49)61)35-44(37-45)40-29-33-47(34-30-40)62-56-25-13-9-21-50(56)51-22-10-14-26-57(51)62/h1-34,36-38,43H,35H2. The normalized spacial score (nSPS) is 14.1. The summed E-state index contributed by atoms with van der Waals surface area (Å²) in [6.45, 7) is 0. The first-order valence-corrected chi connectivity index (χ1v) is 21.3. The minimum atomic E-state index is 0.115. The Labute approximate surface area is 360 Å². The predicted molar refractivity (Wildman–Crippen MR) is 258 cm³/mol. The molecular formula is C58H40N4. The lowest BCUT2D eigenvalue weighted by Crippen LogP contribution is -2.06. The molecule has 0 fully saturated rings. The molecule has 0 saturated carbocycles. The molecule has 8 aromatic carbocycles. The lowest BCUT2D eigenvalue weighted by Gasteiger charge is -2.24. The number of nitrogens with zero attached hydrogens (tertiary/aromatic N) is 4. The molecule has 3 aromatic heterocycles. The number of aromatic nitrogens is 4. The van der Waals surface area contributed by atoms with Gasteiger partial charge < -0.3 is 9.13 Å². The van der Waals surface area contributed by atoms with Gasteiger partial charge in [-0.2, -0.15) is 0 Å². The van der Waals surface area contributed by atoms with Gasteiger partial charge in [-0.25, -0.2) is 9.97 Å². The number of rotatable bonds is 7. The highest BCUT2D eigenvalue weighted by molar-refractivity contribution is 6.10. The number of fused-ring (bicyclic) bond motifs is 6. The highest BCUT2D eigenvalue weighted by atomic mass is 15.0. The maximum Gasteiger partial charge on any atom is 0.160 e. The second-order valence-electron chi connectivity index (χ2n) is 16.2. The van der Waals surface area contributed by atoms with Crippen LogP contribution >= 0.6 is 0 Å². The largest absolute Gasteiger partial charge is 0.309 e. The molecule has 62 heavy (non-hydrogen) atoms. The Morgan fingerprint density at radius 1 is 0.387 bits per heavy atom. The third-order valence-corrected chi connectivity index (χ3v) is 12.5. The van der Waals surface area contributed by atoms with Gasteiger partial charge >= 0.3 is 0 Å². The first-order valence-electron chi connectivity index (χ1n) is 21.3. The second-order valence-corrected chi connectivity index (χ2v) is 16.2. The molecule has 1 aliphatic carbocycles. The monoisotopic (exact) mass is 792 g/mol. The SMILES string of the molecule is C1=C(c2ccc(-n3c4ccccc4c4ccccc43)cc2)CC(c2ccc(-n3c4ccccc4c4ccccc43)cc2)C=C1c1cc(-c2ccccc2)nc(-c2ccccc2)n1. The van der Waals surface area contributed by atoms with Crippen LogP contribution in [0.15, 0.2) is 224 Å². The van der Waals surface area contributed by atoms with Gasteiger partial charge in [0.15, 0.2) is 5.82 Å². The van der Waals surface area contributed by atoms with Crippen molar-refractivity contribution in [3.05, 3.63) is 241 Å². The molecule has 292 valence electrons. The van der Waals surface area contributed by atoms with Crippen molar-refractivity contribution >= 4 is 54.8 Å². The van der Waals surface area contributed by atoms with Crippen LogP contribution in [0.3, 0.4) is 0 Å². The van der Waals surface area contributed by atoms with Gasteiger partial charge in [0, 0.05) is 50.0 Å². The van der Waals surface area contributed by atoms with Crippen LogP contribution in [0, 0.1) is 0 Å². The van der Waals surface area contributed by atoms with Gasteiger partial charge in [-0.1, -0.05) is 164 Å². The summed E-state index contributed by atoms with van der Waals surface area (Å²) in [5.41, 5.74) is 15.8. The number of hydrogen-bond donors (Lipinski definition) is 0. The molecule has 0 radical (unpaired) electrons. The summed E-state index contributed by atoms with van der Waals surface area (Å²) in [5, 5.41) is 5.05. The molecule has 1 unspecified atom stereocenters. The Morgan fingerprint density at radius 2 is 0.823 bits per heavy atom. The van der Waals surface area contributed by atoms with Crippen molar-refractivity contribution in [1.29, 1.82) is 0 Å². The van der Waals surface area contributed by atoms with E-state index in [0.29, 0.717) is 5.82 Å². The van der Waals surface area contributed by atoms with E-state index in [2.05, 4.69) is 209 Å². The first kappa shape index (κ1) is 35.8. The van der Waals surface area contributed by atoms with Crippen molar-refractivity contribution in [3.8, 4) is 34.0 Å². The van der Waals surface area contributed by atoms with Crippen LogP contribution in [-0.2, 0) is 0 Å². The van der Waals surface area contributed by atoms with Gasteiger partial charge in [-0.15, -0.1) is 0 Å². The van der Waals surface area contributed by atoms with Gasteiger partial charge in [0.25, 0.3) is 0 Å². The smallest absolute Gasteiger partial charge is 0.160 e. The molecule has 4 nitrogen and oxygen atoms in total. The molecule has 0 aliphatic heterocycles. The summed E-state index contributed by atoms with van der Waals surface area (Å²) < 4.78 is 4.77. The maximum atomic E-state index is 5.29. The van der Waals surface area contributed by atoms with Crippen LogP contribution in [0.2, 0.25) is 0 Å². The van der Waals surface area contributed by atoms with E-state index in [9.17, 15) is 0 Å². The van der Waals surface area contributed by atoms with E-state index in [1.54, 1.807) is 0 Å². The summed E-state index contributed by atoms with van der Waals surface area (Å²) in [5.74, 6) is 0.829. The molecule has 0 spiro atoms. The van der Waals surface area contributed by atoms with Crippen LogP contribution < -0.4 is 0 Å². The zero-order chi connectivity index (χ0) is 41.0. The van der Waals surface area contributed by atoms with Crippen LogP contribution in [0.1, 0.15) is 29.2 Å². The molecular weight excluding hydrogens is 753 g/mol. The van der Waals surface area contributed by atoms with Gasteiger partial charge in [0.2, 0.25) is 0 Å². The van der Waals surface area contributed by atoms with Crippen molar-refractivity contribution in [3.63, 3.8) is 0 Å². The fourth-order valence-corrected chi connectivity index (χ4v) is 9.55. The fourth-order valence-electron chi connectivity index (χ4n) is 9.55. The molecule has 1 atom stereocenters. The molecule has 12 rings (SSSR count). The molecule has 0 bridgehead atoms. The van der Waals surface area contributed by atoms with E-state index in [-0.39, 0.29) is 5.92 Å². The molecule has 3 heterocycles. The second kappa shape index (κ2) is 14.9. The Balaban J connectivity index is 0.983. The quantitative estimate of drug-likeness (QED) is 0.161. The molecule has 1 aliphatic rings. The van der Waals surface area contributed by atoms with E-state index in [1.807, 2.05) is 24.3 Å². The van der Waals surface area contributed by atoms with Gasteiger partial charge in [-0.05, 0) is 89.4 Å². The summed E-state index contributed by atoms with van der Waals surface area (Å²) in [6, 6.07) is 76.0. The topological polar surface area (TPSA) is 35.6 Å². The van der Waals surface area contributed by atoms with E-state index in [0.717, 1.165) is 45.9 Å². The Bertz CT molecular complexity index is 3350. The van der Waals surface area contributed by atoms with Crippen molar-refractivity contribution < 1.29 is 0 Å². The van der Waals surface area contributed by atoms with Crippen LogP contribution in [0.5, 0.6) is 0 Å². The number of benzene rings is 8. The van der Waals surface area contributed by atoms with E-state index >= 15 is 0 Å². The average molecular weight is 793 g/mol. The zero-order valence-electron chi connectivity index (χ0n) is 33.9. The van der Waals surface area contributed by atoms with Gasteiger partial charge in [0.05, 0.1) is 33.5 Å². The Morgan fingerprint density at radius 3 is 1.34 bits per heavy atom. The number of allylic oxidation sites excluding steroid dienone is 4. The number of para-hydroxylation sites is 4. The minimum Gasteiger partial charge on any atom is -0.309 e. The van der Waals surface area contributed by atoms with Crippen molar-refractivity contribution in [2.24, 2.45) is 0 Å². The van der Waals surface area contributed by atoms with Gasteiger partial charge in [-0.3, -0.25) is 0 Å². The summed E-state index contributed by atoms with van der Waals surface area (Å²) in [4.78, 5) is 10.4. The summed E-state index contributed by atoms with van der Waals surface area (Å²) in [6.07, 6.45) is 5.62. The zero-order valence-corrected chi connectivity index (χ0v) is 33.9. The van der Waals surface area contributed by atoms with Crippen molar-refractivity contribution in [1.82, 2.24) is 19.1 Å². The molecule has 4 heteroatoms. The Kier molecular flexibility index (Phi) is 8.60. The molecule has 0 amide bonds. The van der Waals surface area contributed by atoms with Crippen molar-refractivity contribution in [2.45, 2.75) is 12.3 Å². The van der Waals surface area contributed by atoms with Gasteiger partial charge in [0.1, 0.15) is 0 Å². The van der Waals surface area contributed by atoms with E-state index in [1.165, 1.54) is 60.3 Å². The molecule has 11 aromatic rings. The summed E-state index contributed by atoms with van der Waals surface area (Å²) >= 11 is 0. The van der Waals surface area contributed by atoms with Crippen LogP contribution in [0.25, 0.3) is 88.8 Å². The molecule has 0 saturated heterocycles. The maximum absolute atomic E-state index is 5.29. The number of hydrogen-bond acceptors (Lipinski definition) is 2. The first-order chi connectivity index (χ1) is 30.7. The third kappa shape index (κ3) is 6.15. The lowest BCUT2D eigenvalue weighted by atomic mass is 9.82. The summed E-state index contributed by atoms with van der Waals surface area (Å²) in [7, 11) is 0. The van der Waals surface area contributed by atoms with E-state index in [4.69, 9.17) is 9.97 Å². The highest BCUT2D eigenvalue weighted by Gasteiger charge is 2.22. The van der Waals surface area contributed by atoms with Crippen LogP contribution in [0.4, 0.5) is 0 Å².